The van der Waals surface area contributed by atoms with Crippen LogP contribution in [0.4, 0.5) is 0 Å². The Morgan fingerprint density at radius 1 is 1.10 bits per heavy atom. The van der Waals surface area contributed by atoms with Crippen LogP contribution >= 0.6 is 0 Å². The van der Waals surface area contributed by atoms with Gasteiger partial charge in [-0.25, -0.2) is 0 Å². The molecule has 1 aliphatic carbocycles. The van der Waals surface area contributed by atoms with E-state index in [-0.39, 0.29) is 0 Å². The topological polar surface area (TPSA) is 21.3 Å². The molecule has 0 spiro atoms. The number of nitrogens with one attached hydrogen (secondary N) is 1. The molecule has 2 aromatic rings. The van der Waals surface area contributed by atoms with Crippen molar-refractivity contribution in [3.8, 4) is 5.75 Å². The molecule has 2 aromatic carbocycles. The Bertz CT molecular complexity index is 587. The van der Waals surface area contributed by atoms with Crippen LogP contribution in [-0.2, 0) is 6.54 Å². The van der Waals surface area contributed by atoms with Crippen molar-refractivity contribution in [3.63, 3.8) is 0 Å². The Morgan fingerprint density at radius 2 is 1.90 bits per heavy atom. The minimum absolute atomic E-state index is 0.413. The van der Waals surface area contributed by atoms with Gasteiger partial charge in [0.2, 0.25) is 0 Å². The van der Waals surface area contributed by atoms with E-state index in [9.17, 15) is 0 Å². The number of rotatable bonds is 6. The van der Waals surface area contributed by atoms with Crippen LogP contribution in [0.5, 0.6) is 5.75 Å². The zero-order valence-electron chi connectivity index (χ0n) is 12.9. The first-order valence-electron chi connectivity index (χ1n) is 8.26. The summed E-state index contributed by atoms with van der Waals surface area (Å²) in [7, 11) is 0. The average molecular weight is 283 g/mol. The normalized spacial score (nSPS) is 15.7. The Morgan fingerprint density at radius 3 is 2.71 bits per heavy atom. The van der Waals surface area contributed by atoms with Gasteiger partial charge in [-0.05, 0) is 55.5 Å². The highest BCUT2D eigenvalue weighted by Crippen LogP contribution is 2.31. The first-order valence-corrected chi connectivity index (χ1v) is 8.26. The molecule has 1 N–H and O–H groups in total. The summed E-state index contributed by atoms with van der Waals surface area (Å²) in [4.78, 5) is 0. The molecule has 0 heterocycles. The molecule has 0 bridgehead atoms. The lowest BCUT2D eigenvalue weighted by atomic mass is 10.0. The molecule has 0 saturated heterocycles. The molecule has 1 fully saturated rings. The monoisotopic (exact) mass is 283 g/mol. The maximum Gasteiger partial charge on any atom is 0.124 e. The molecule has 2 heteroatoms. The number of ether oxygens (including phenoxy) is 1. The summed E-state index contributed by atoms with van der Waals surface area (Å²) in [6.45, 7) is 4.13. The van der Waals surface area contributed by atoms with Gasteiger partial charge in [0.05, 0.1) is 6.10 Å². The van der Waals surface area contributed by atoms with E-state index in [1.807, 2.05) is 0 Å². The molecule has 3 rings (SSSR count). The van der Waals surface area contributed by atoms with Crippen molar-refractivity contribution >= 4 is 10.8 Å². The van der Waals surface area contributed by atoms with Gasteiger partial charge in [-0.2, -0.15) is 0 Å². The van der Waals surface area contributed by atoms with E-state index < -0.39 is 0 Å². The molecule has 2 nitrogen and oxygen atoms in total. The van der Waals surface area contributed by atoms with Crippen molar-refractivity contribution < 1.29 is 4.74 Å². The van der Waals surface area contributed by atoms with Crippen LogP contribution in [0.15, 0.2) is 36.4 Å². The minimum atomic E-state index is 0.413. The zero-order valence-corrected chi connectivity index (χ0v) is 12.9. The Hall–Kier alpha value is -1.54. The third-order valence-corrected chi connectivity index (χ3v) is 4.32. The summed E-state index contributed by atoms with van der Waals surface area (Å²) in [6, 6.07) is 12.9. The Kier molecular flexibility index (Phi) is 4.76. The van der Waals surface area contributed by atoms with Crippen LogP contribution in [0.3, 0.4) is 0 Å². The van der Waals surface area contributed by atoms with Crippen molar-refractivity contribution in [3.05, 3.63) is 42.0 Å². The van der Waals surface area contributed by atoms with Gasteiger partial charge in [0, 0.05) is 12.1 Å². The van der Waals surface area contributed by atoms with E-state index >= 15 is 0 Å². The lowest BCUT2D eigenvalue weighted by Crippen LogP contribution is -2.17. The second kappa shape index (κ2) is 6.95. The molecule has 0 unspecified atom stereocenters. The van der Waals surface area contributed by atoms with Gasteiger partial charge in [0.15, 0.2) is 0 Å². The lowest BCUT2D eigenvalue weighted by Gasteiger charge is -2.18. The summed E-state index contributed by atoms with van der Waals surface area (Å²) in [6.07, 6.45) is 6.59. The molecular formula is C19H25NO. The second-order valence-corrected chi connectivity index (χ2v) is 5.96. The van der Waals surface area contributed by atoms with E-state index in [0.29, 0.717) is 6.10 Å². The lowest BCUT2D eigenvalue weighted by molar-refractivity contribution is 0.208. The molecule has 0 atom stereocenters. The summed E-state index contributed by atoms with van der Waals surface area (Å²) < 4.78 is 6.31. The number of fused-ring (bicyclic) bond motifs is 1. The van der Waals surface area contributed by atoms with Crippen molar-refractivity contribution in [1.82, 2.24) is 5.32 Å². The second-order valence-electron chi connectivity index (χ2n) is 5.96. The van der Waals surface area contributed by atoms with Crippen LogP contribution in [0, 0.1) is 0 Å². The molecule has 0 aliphatic heterocycles. The van der Waals surface area contributed by atoms with Crippen LogP contribution in [0.1, 0.15) is 44.6 Å². The quantitative estimate of drug-likeness (QED) is 0.778. The zero-order chi connectivity index (χ0) is 14.5. The highest BCUT2D eigenvalue weighted by atomic mass is 16.5. The summed E-state index contributed by atoms with van der Waals surface area (Å²) >= 11 is 0. The third-order valence-electron chi connectivity index (χ3n) is 4.32. The number of benzene rings is 2. The molecule has 1 aliphatic rings. The standard InChI is InChI=1S/C19H25NO/c1-2-13-20-14-18-17-10-6-3-7-15(17)11-12-19(18)21-16-8-4-5-9-16/h3,6-7,10-12,16,20H,2,4-5,8-9,13-14H2,1H3. The maximum absolute atomic E-state index is 6.31. The maximum atomic E-state index is 6.31. The van der Waals surface area contributed by atoms with Crippen molar-refractivity contribution in [2.75, 3.05) is 6.54 Å². The third kappa shape index (κ3) is 3.38. The van der Waals surface area contributed by atoms with E-state index in [2.05, 4.69) is 48.6 Å². The van der Waals surface area contributed by atoms with Gasteiger partial charge in [0.1, 0.15) is 5.75 Å². The van der Waals surface area contributed by atoms with Crippen molar-refractivity contribution in [2.45, 2.75) is 51.7 Å². The minimum Gasteiger partial charge on any atom is -0.490 e. The molecule has 0 radical (unpaired) electrons. The smallest absolute Gasteiger partial charge is 0.124 e. The summed E-state index contributed by atoms with van der Waals surface area (Å²) in [5.74, 6) is 1.07. The van der Waals surface area contributed by atoms with Crippen LogP contribution in [0.2, 0.25) is 0 Å². The van der Waals surface area contributed by atoms with Crippen LogP contribution in [0.25, 0.3) is 10.8 Å². The first kappa shape index (κ1) is 14.4. The Labute approximate surface area is 127 Å². The van der Waals surface area contributed by atoms with Crippen LogP contribution < -0.4 is 10.1 Å². The summed E-state index contributed by atoms with van der Waals surface area (Å²) in [5.41, 5.74) is 1.31. The van der Waals surface area contributed by atoms with Gasteiger partial charge < -0.3 is 10.1 Å². The molecular weight excluding hydrogens is 258 g/mol. The van der Waals surface area contributed by atoms with E-state index in [4.69, 9.17) is 4.74 Å². The summed E-state index contributed by atoms with van der Waals surface area (Å²) in [5, 5.41) is 6.14. The van der Waals surface area contributed by atoms with Gasteiger partial charge >= 0.3 is 0 Å². The molecule has 1 saturated carbocycles. The predicted octanol–water partition coefficient (Wildman–Crippen LogP) is 4.66. The molecule has 21 heavy (non-hydrogen) atoms. The fraction of sp³-hybridized carbons (Fsp3) is 0.474. The van der Waals surface area contributed by atoms with Gasteiger partial charge in [-0.15, -0.1) is 0 Å². The Balaban J connectivity index is 1.90. The van der Waals surface area contributed by atoms with Gasteiger partial charge in [-0.1, -0.05) is 37.3 Å². The van der Waals surface area contributed by atoms with Crippen molar-refractivity contribution in [2.24, 2.45) is 0 Å². The largest absolute Gasteiger partial charge is 0.490 e. The highest BCUT2D eigenvalue weighted by Gasteiger charge is 2.18. The fourth-order valence-electron chi connectivity index (χ4n) is 3.18. The SMILES string of the molecule is CCCNCc1c(OC2CCCC2)ccc2ccccc12. The van der Waals surface area contributed by atoms with E-state index in [1.54, 1.807) is 0 Å². The molecule has 0 amide bonds. The van der Waals surface area contributed by atoms with E-state index in [1.165, 1.54) is 42.0 Å². The van der Waals surface area contributed by atoms with Gasteiger partial charge in [-0.3, -0.25) is 0 Å². The molecule has 0 aromatic heterocycles. The predicted molar refractivity (Wildman–Crippen MR) is 88.8 cm³/mol. The van der Waals surface area contributed by atoms with E-state index in [0.717, 1.165) is 25.3 Å². The van der Waals surface area contributed by atoms with Crippen LogP contribution in [-0.4, -0.2) is 12.6 Å². The van der Waals surface area contributed by atoms with Crippen molar-refractivity contribution in [1.29, 1.82) is 0 Å². The van der Waals surface area contributed by atoms with Gasteiger partial charge in [0.25, 0.3) is 0 Å². The molecule has 112 valence electrons. The average Bonchev–Trinajstić information content (AvgIpc) is 3.02. The number of hydrogen-bond acceptors (Lipinski definition) is 2. The first-order chi connectivity index (χ1) is 10.4. The fourth-order valence-corrected chi connectivity index (χ4v) is 3.18. The number of hydrogen-bond donors (Lipinski definition) is 1. The highest BCUT2D eigenvalue weighted by molar-refractivity contribution is 5.87.